The molecule has 210 valence electrons. The van der Waals surface area contributed by atoms with Crippen LogP contribution in [-0.4, -0.2) is 54.6 Å². The van der Waals surface area contributed by atoms with Crippen LogP contribution in [0.25, 0.3) is 0 Å². The number of quaternary nitrogens is 1. The van der Waals surface area contributed by atoms with Crippen molar-refractivity contribution in [1.82, 2.24) is 0 Å². The number of hydrogen-bond acceptors (Lipinski definition) is 2. The Kier molecular flexibility index (Phi) is 9.88. The Morgan fingerprint density at radius 2 is 1.64 bits per heavy atom. The Labute approximate surface area is 224 Å². The van der Waals surface area contributed by atoms with Crippen molar-refractivity contribution in [2.24, 2.45) is 46.3 Å². The van der Waals surface area contributed by atoms with Crippen molar-refractivity contribution in [3.63, 3.8) is 0 Å². The van der Waals surface area contributed by atoms with Gasteiger partial charge in [0.2, 0.25) is 0 Å². The van der Waals surface area contributed by atoms with Crippen molar-refractivity contribution in [3.05, 3.63) is 11.6 Å². The van der Waals surface area contributed by atoms with Crippen LogP contribution in [0, 0.1) is 46.3 Å². The highest BCUT2D eigenvalue weighted by molar-refractivity contribution is 5.25. The molecule has 0 spiro atoms. The second-order valence-corrected chi connectivity index (χ2v) is 15.5. The lowest BCUT2D eigenvalue weighted by Gasteiger charge is -2.58. The Morgan fingerprint density at radius 1 is 0.944 bits per heavy atom. The standard InChI is InChI=1S/C27H46O.C6H16NO/c1-18(2)7-6-8-19(3)23-11-12-24-22-10-9-20-17-21(28)13-15-26(20,4)25(22)14-16-27(23,24)5;1-6(8)5-7(2,3)4/h9,18-19,21-25,28H,6-8,10-17H2,1-5H3;6,8H,5H2,1-4H3/q;+1/t19-,21+,22+,23-,24+,25+,26+,27-;/m1./s1. The van der Waals surface area contributed by atoms with Gasteiger partial charge in [-0.25, -0.2) is 0 Å². The first kappa shape index (κ1) is 30.2. The van der Waals surface area contributed by atoms with Crippen LogP contribution in [0.15, 0.2) is 11.6 Å². The quantitative estimate of drug-likeness (QED) is 0.279. The highest BCUT2D eigenvalue weighted by Gasteiger charge is 2.59. The average Bonchev–Trinajstić information content (AvgIpc) is 3.10. The molecule has 2 N–H and O–H groups in total. The lowest BCUT2D eigenvalue weighted by molar-refractivity contribution is -0.873. The molecule has 4 aliphatic rings. The number of aliphatic hydroxyl groups excluding tert-OH is 2. The van der Waals surface area contributed by atoms with Crippen LogP contribution in [-0.2, 0) is 0 Å². The van der Waals surface area contributed by atoms with Gasteiger partial charge in [0, 0.05) is 0 Å². The molecule has 3 fully saturated rings. The summed E-state index contributed by atoms with van der Waals surface area (Å²) < 4.78 is 0.831. The van der Waals surface area contributed by atoms with Gasteiger partial charge in [0.05, 0.1) is 27.2 Å². The molecule has 3 heteroatoms. The van der Waals surface area contributed by atoms with Crippen LogP contribution in [0.2, 0.25) is 0 Å². The zero-order valence-corrected chi connectivity index (χ0v) is 25.5. The molecule has 0 aromatic carbocycles. The van der Waals surface area contributed by atoms with Crippen LogP contribution >= 0.6 is 0 Å². The molecule has 9 atom stereocenters. The van der Waals surface area contributed by atoms with Gasteiger partial charge in [-0.1, -0.05) is 65.5 Å². The first-order valence-electron chi connectivity index (χ1n) is 15.5. The second kappa shape index (κ2) is 11.8. The fourth-order valence-corrected chi connectivity index (χ4v) is 9.46. The maximum atomic E-state index is 10.2. The van der Waals surface area contributed by atoms with Crippen LogP contribution in [0.4, 0.5) is 0 Å². The van der Waals surface area contributed by atoms with E-state index in [0.717, 1.165) is 59.4 Å². The Bertz CT molecular complexity index is 736. The van der Waals surface area contributed by atoms with Gasteiger partial charge in [0.15, 0.2) is 0 Å². The fourth-order valence-electron chi connectivity index (χ4n) is 9.46. The average molecular weight is 505 g/mol. The molecule has 4 rings (SSSR count). The summed E-state index contributed by atoms with van der Waals surface area (Å²) in [7, 11) is 6.19. The van der Waals surface area contributed by atoms with E-state index in [2.05, 4.69) is 61.8 Å². The number of rotatable bonds is 7. The van der Waals surface area contributed by atoms with E-state index in [1.165, 1.54) is 57.8 Å². The minimum atomic E-state index is -0.185. The second-order valence-electron chi connectivity index (χ2n) is 15.5. The van der Waals surface area contributed by atoms with E-state index in [9.17, 15) is 5.11 Å². The summed E-state index contributed by atoms with van der Waals surface area (Å²) in [6.45, 7) is 15.2. The Balaban J connectivity index is 0.000000392. The summed E-state index contributed by atoms with van der Waals surface area (Å²) in [6.07, 6.45) is 17.0. The minimum Gasteiger partial charge on any atom is -0.393 e. The molecule has 3 nitrogen and oxygen atoms in total. The monoisotopic (exact) mass is 504 g/mol. The van der Waals surface area contributed by atoms with Crippen LogP contribution < -0.4 is 0 Å². The summed E-state index contributed by atoms with van der Waals surface area (Å²) in [4.78, 5) is 0. The van der Waals surface area contributed by atoms with Crippen molar-refractivity contribution in [1.29, 1.82) is 0 Å². The predicted octanol–water partition coefficient (Wildman–Crippen LogP) is 7.46. The van der Waals surface area contributed by atoms with E-state index in [1.54, 1.807) is 5.57 Å². The largest absolute Gasteiger partial charge is 0.393 e. The molecule has 0 aromatic heterocycles. The molecule has 0 amide bonds. The topological polar surface area (TPSA) is 40.5 Å². The lowest BCUT2D eigenvalue weighted by atomic mass is 9.47. The predicted molar refractivity (Wildman–Crippen MR) is 154 cm³/mol. The van der Waals surface area contributed by atoms with Crippen molar-refractivity contribution in [2.75, 3.05) is 27.7 Å². The van der Waals surface area contributed by atoms with E-state index >= 15 is 0 Å². The third-order valence-corrected chi connectivity index (χ3v) is 11.1. The fraction of sp³-hybridized carbons (Fsp3) is 0.939. The SMILES string of the molecule is CC(C)CCC[C@@H](C)[C@H]1CC[C@H]2[C@@H]3CC=C4C[C@@H](O)CC[C@]4(C)[C@H]3CC[C@]12C.CC(O)C[N+](C)(C)C. The van der Waals surface area contributed by atoms with Gasteiger partial charge in [-0.2, -0.15) is 0 Å². The molecule has 0 aromatic rings. The number of hydrogen-bond donors (Lipinski definition) is 2. The van der Waals surface area contributed by atoms with Gasteiger partial charge >= 0.3 is 0 Å². The van der Waals surface area contributed by atoms with E-state index in [4.69, 9.17) is 5.11 Å². The molecular formula is C33H62NO2+. The van der Waals surface area contributed by atoms with Crippen molar-refractivity contribution >= 4 is 0 Å². The Hall–Kier alpha value is -0.380. The van der Waals surface area contributed by atoms with E-state index in [0.29, 0.717) is 10.8 Å². The molecular weight excluding hydrogens is 442 g/mol. The smallest absolute Gasteiger partial charge is 0.104 e. The van der Waals surface area contributed by atoms with Gasteiger partial charge in [-0.15, -0.1) is 0 Å². The number of fused-ring (bicyclic) bond motifs is 5. The minimum absolute atomic E-state index is 0.0766. The molecule has 0 saturated heterocycles. The van der Waals surface area contributed by atoms with Crippen LogP contribution in [0.1, 0.15) is 112 Å². The van der Waals surface area contributed by atoms with E-state index in [1.807, 2.05) is 6.92 Å². The Morgan fingerprint density at radius 3 is 2.22 bits per heavy atom. The first-order valence-corrected chi connectivity index (χ1v) is 15.5. The number of allylic oxidation sites excluding steroid dienone is 1. The molecule has 36 heavy (non-hydrogen) atoms. The summed E-state index contributed by atoms with van der Waals surface area (Å²) in [5, 5.41) is 19.1. The highest BCUT2D eigenvalue weighted by Crippen LogP contribution is 2.67. The highest BCUT2D eigenvalue weighted by atomic mass is 16.3. The van der Waals surface area contributed by atoms with E-state index in [-0.39, 0.29) is 12.2 Å². The summed E-state index contributed by atoms with van der Waals surface area (Å²) in [5.41, 5.74) is 2.60. The third kappa shape index (κ3) is 6.78. The van der Waals surface area contributed by atoms with Gasteiger partial charge in [-0.05, 0) is 105 Å². The van der Waals surface area contributed by atoms with E-state index < -0.39 is 0 Å². The molecule has 0 bridgehead atoms. The lowest BCUT2D eigenvalue weighted by Crippen LogP contribution is -2.50. The number of aliphatic hydroxyl groups is 2. The van der Waals surface area contributed by atoms with Gasteiger partial charge in [-0.3, -0.25) is 0 Å². The normalized spacial score (nSPS) is 39.8. The zero-order valence-electron chi connectivity index (χ0n) is 25.5. The summed E-state index contributed by atoms with van der Waals surface area (Å²) in [5.74, 6) is 5.46. The first-order chi connectivity index (χ1) is 16.7. The molecule has 1 unspecified atom stereocenters. The molecule has 0 aliphatic heterocycles. The zero-order chi connectivity index (χ0) is 26.9. The number of nitrogens with zero attached hydrogens (tertiary/aromatic N) is 1. The third-order valence-electron chi connectivity index (χ3n) is 11.1. The van der Waals surface area contributed by atoms with Crippen LogP contribution in [0.5, 0.6) is 0 Å². The summed E-state index contributed by atoms with van der Waals surface area (Å²) in [6, 6.07) is 0. The molecule has 4 aliphatic carbocycles. The summed E-state index contributed by atoms with van der Waals surface area (Å²) >= 11 is 0. The molecule has 3 saturated carbocycles. The van der Waals surface area contributed by atoms with Crippen molar-refractivity contribution in [3.8, 4) is 0 Å². The molecule has 0 radical (unpaired) electrons. The van der Waals surface area contributed by atoms with Gasteiger partial charge in [0.25, 0.3) is 0 Å². The maximum absolute atomic E-state index is 10.2. The van der Waals surface area contributed by atoms with Crippen molar-refractivity contribution < 1.29 is 14.7 Å². The maximum Gasteiger partial charge on any atom is 0.104 e. The van der Waals surface area contributed by atoms with Crippen molar-refractivity contribution in [2.45, 2.75) is 124 Å². The van der Waals surface area contributed by atoms with Gasteiger partial charge in [0.1, 0.15) is 12.6 Å². The van der Waals surface area contributed by atoms with Gasteiger partial charge < -0.3 is 14.7 Å². The molecule has 0 heterocycles. The number of likely N-dealkylation sites (N-methyl/N-ethyl adjacent to an activating group) is 1. The van der Waals surface area contributed by atoms with Crippen LogP contribution in [0.3, 0.4) is 0 Å².